The first-order chi connectivity index (χ1) is 7.61. The molecule has 0 saturated heterocycles. The van der Waals surface area contributed by atoms with Gasteiger partial charge in [-0.15, -0.1) is 0 Å². The molecular formula is C13H13NOS. The SMILES string of the molecule is Cc1ccccc1-n1ccc(=S)c(O)c1C. The molecule has 0 aliphatic heterocycles. The Morgan fingerprint density at radius 3 is 2.50 bits per heavy atom. The molecule has 0 radical (unpaired) electrons. The minimum Gasteiger partial charge on any atom is -0.505 e. The van der Waals surface area contributed by atoms with Crippen LogP contribution in [-0.4, -0.2) is 9.67 Å². The lowest BCUT2D eigenvalue weighted by Gasteiger charge is -2.14. The van der Waals surface area contributed by atoms with Crippen LogP contribution in [0.4, 0.5) is 0 Å². The summed E-state index contributed by atoms with van der Waals surface area (Å²) in [4.78, 5) is 0. The van der Waals surface area contributed by atoms with E-state index in [1.54, 1.807) is 6.07 Å². The van der Waals surface area contributed by atoms with Gasteiger partial charge in [0.1, 0.15) is 0 Å². The van der Waals surface area contributed by atoms with Crippen molar-refractivity contribution in [1.29, 1.82) is 0 Å². The van der Waals surface area contributed by atoms with E-state index in [2.05, 4.69) is 0 Å². The van der Waals surface area contributed by atoms with E-state index >= 15 is 0 Å². The number of nitrogens with zero attached hydrogens (tertiary/aromatic N) is 1. The molecule has 0 amide bonds. The Kier molecular flexibility index (Phi) is 2.79. The predicted molar refractivity (Wildman–Crippen MR) is 67.7 cm³/mol. The molecular weight excluding hydrogens is 218 g/mol. The lowest BCUT2D eigenvalue weighted by Crippen LogP contribution is -2.01. The Morgan fingerprint density at radius 1 is 1.12 bits per heavy atom. The molecule has 0 spiro atoms. The summed E-state index contributed by atoms with van der Waals surface area (Å²) in [5.41, 5.74) is 2.99. The predicted octanol–water partition coefficient (Wildman–Crippen LogP) is 3.53. The summed E-state index contributed by atoms with van der Waals surface area (Å²) in [5, 5.41) is 9.81. The molecule has 3 heteroatoms. The van der Waals surface area contributed by atoms with Crippen LogP contribution in [-0.2, 0) is 0 Å². The highest BCUT2D eigenvalue weighted by molar-refractivity contribution is 7.71. The van der Waals surface area contributed by atoms with Gasteiger partial charge < -0.3 is 9.67 Å². The van der Waals surface area contributed by atoms with Gasteiger partial charge in [-0.1, -0.05) is 30.4 Å². The summed E-state index contributed by atoms with van der Waals surface area (Å²) in [6.45, 7) is 3.90. The molecule has 0 unspecified atom stereocenters. The largest absolute Gasteiger partial charge is 0.505 e. The Bertz CT molecular complexity index is 587. The molecule has 0 fully saturated rings. The van der Waals surface area contributed by atoms with Gasteiger partial charge in [-0.25, -0.2) is 0 Å². The van der Waals surface area contributed by atoms with Gasteiger partial charge in [0, 0.05) is 11.9 Å². The van der Waals surface area contributed by atoms with Crippen LogP contribution in [0.5, 0.6) is 5.75 Å². The smallest absolute Gasteiger partial charge is 0.153 e. The van der Waals surface area contributed by atoms with Gasteiger partial charge in [0.15, 0.2) is 5.75 Å². The summed E-state index contributed by atoms with van der Waals surface area (Å²) in [6.07, 6.45) is 1.89. The van der Waals surface area contributed by atoms with Crippen molar-refractivity contribution in [2.75, 3.05) is 0 Å². The van der Waals surface area contributed by atoms with Gasteiger partial charge in [0.05, 0.1) is 10.2 Å². The van der Waals surface area contributed by atoms with E-state index in [4.69, 9.17) is 12.2 Å². The third-order valence-corrected chi connectivity index (χ3v) is 3.02. The van der Waals surface area contributed by atoms with E-state index < -0.39 is 0 Å². The van der Waals surface area contributed by atoms with Crippen molar-refractivity contribution in [3.05, 3.63) is 52.3 Å². The standard InChI is InChI=1S/C13H13NOS/c1-9-5-3-4-6-11(9)14-8-7-12(16)13(15)10(14)2/h3-8,15H,1-2H3. The van der Waals surface area contributed by atoms with E-state index in [-0.39, 0.29) is 5.75 Å². The zero-order valence-corrected chi connectivity index (χ0v) is 10.1. The number of hydrogen-bond acceptors (Lipinski definition) is 2. The van der Waals surface area contributed by atoms with Crippen molar-refractivity contribution in [1.82, 2.24) is 4.57 Å². The van der Waals surface area contributed by atoms with E-state index in [9.17, 15) is 5.11 Å². The Hall–Kier alpha value is -1.61. The number of aromatic nitrogens is 1. The average molecular weight is 231 g/mol. The second-order valence-corrected chi connectivity index (χ2v) is 4.21. The van der Waals surface area contributed by atoms with Crippen molar-refractivity contribution in [2.45, 2.75) is 13.8 Å². The minimum absolute atomic E-state index is 0.181. The highest BCUT2D eigenvalue weighted by Crippen LogP contribution is 2.22. The summed E-state index contributed by atoms with van der Waals surface area (Å²) in [5.74, 6) is 0.181. The Labute approximate surface area is 99.8 Å². The van der Waals surface area contributed by atoms with E-state index in [1.807, 2.05) is 48.9 Å². The maximum absolute atomic E-state index is 9.81. The van der Waals surface area contributed by atoms with Crippen LogP contribution in [0.1, 0.15) is 11.3 Å². The maximum atomic E-state index is 9.81. The van der Waals surface area contributed by atoms with E-state index in [1.165, 1.54) is 0 Å². The fraction of sp³-hybridized carbons (Fsp3) is 0.154. The number of para-hydroxylation sites is 1. The lowest BCUT2D eigenvalue weighted by atomic mass is 10.2. The fourth-order valence-corrected chi connectivity index (χ4v) is 1.93. The first-order valence-corrected chi connectivity index (χ1v) is 5.49. The molecule has 2 rings (SSSR count). The molecule has 0 aliphatic rings. The van der Waals surface area contributed by atoms with Crippen LogP contribution >= 0.6 is 12.2 Å². The molecule has 1 N–H and O–H groups in total. The zero-order chi connectivity index (χ0) is 11.7. The molecule has 1 heterocycles. The molecule has 0 saturated carbocycles. The van der Waals surface area contributed by atoms with Gasteiger partial charge in [-0.3, -0.25) is 0 Å². The second-order valence-electron chi connectivity index (χ2n) is 3.77. The summed E-state index contributed by atoms with van der Waals surface area (Å²) < 4.78 is 2.43. The molecule has 2 aromatic rings. The van der Waals surface area contributed by atoms with Crippen LogP contribution in [0.2, 0.25) is 0 Å². The summed E-state index contributed by atoms with van der Waals surface area (Å²) in [6, 6.07) is 9.78. The van der Waals surface area contributed by atoms with Gasteiger partial charge >= 0.3 is 0 Å². The highest BCUT2D eigenvalue weighted by Gasteiger charge is 2.06. The topological polar surface area (TPSA) is 25.2 Å². The molecule has 0 aliphatic carbocycles. The van der Waals surface area contributed by atoms with Crippen LogP contribution in [0.15, 0.2) is 36.5 Å². The quantitative estimate of drug-likeness (QED) is 0.759. The normalized spacial score (nSPS) is 10.4. The first kappa shape index (κ1) is 10.9. The number of pyridine rings is 1. The van der Waals surface area contributed by atoms with Crippen LogP contribution in [0.25, 0.3) is 5.69 Å². The zero-order valence-electron chi connectivity index (χ0n) is 9.27. The molecule has 0 atom stereocenters. The summed E-state index contributed by atoms with van der Waals surface area (Å²) >= 11 is 5.02. The number of aryl methyl sites for hydroxylation is 1. The molecule has 2 nitrogen and oxygen atoms in total. The lowest BCUT2D eigenvalue weighted by molar-refractivity contribution is 0.463. The van der Waals surface area contributed by atoms with Crippen molar-refractivity contribution < 1.29 is 5.11 Å². The molecule has 1 aromatic carbocycles. The first-order valence-electron chi connectivity index (χ1n) is 5.08. The maximum Gasteiger partial charge on any atom is 0.153 e. The second kappa shape index (κ2) is 4.10. The average Bonchev–Trinajstić information content (AvgIpc) is 2.28. The number of hydrogen-bond donors (Lipinski definition) is 1. The number of aromatic hydroxyl groups is 1. The number of rotatable bonds is 1. The molecule has 16 heavy (non-hydrogen) atoms. The van der Waals surface area contributed by atoms with Crippen molar-refractivity contribution >= 4 is 12.2 Å². The van der Waals surface area contributed by atoms with Gasteiger partial charge in [0.2, 0.25) is 0 Å². The third-order valence-electron chi connectivity index (χ3n) is 2.69. The molecule has 1 aromatic heterocycles. The highest BCUT2D eigenvalue weighted by atomic mass is 32.1. The van der Waals surface area contributed by atoms with Gasteiger partial charge in [-0.2, -0.15) is 0 Å². The Balaban J connectivity index is 2.71. The van der Waals surface area contributed by atoms with Gasteiger partial charge in [-0.05, 0) is 31.5 Å². The van der Waals surface area contributed by atoms with Crippen molar-refractivity contribution in [2.24, 2.45) is 0 Å². The monoisotopic (exact) mass is 231 g/mol. The van der Waals surface area contributed by atoms with E-state index in [0.29, 0.717) is 4.51 Å². The minimum atomic E-state index is 0.181. The fourth-order valence-electron chi connectivity index (χ4n) is 1.72. The number of benzene rings is 1. The third kappa shape index (κ3) is 1.74. The van der Waals surface area contributed by atoms with Crippen molar-refractivity contribution in [3.63, 3.8) is 0 Å². The van der Waals surface area contributed by atoms with Gasteiger partial charge in [0.25, 0.3) is 0 Å². The summed E-state index contributed by atoms with van der Waals surface area (Å²) in [7, 11) is 0. The van der Waals surface area contributed by atoms with E-state index in [0.717, 1.165) is 16.9 Å². The van der Waals surface area contributed by atoms with Crippen LogP contribution < -0.4 is 0 Å². The van der Waals surface area contributed by atoms with Crippen LogP contribution in [0, 0.1) is 18.4 Å². The van der Waals surface area contributed by atoms with Crippen molar-refractivity contribution in [3.8, 4) is 11.4 Å². The molecule has 0 bridgehead atoms. The van der Waals surface area contributed by atoms with Crippen LogP contribution in [0.3, 0.4) is 0 Å². The Morgan fingerprint density at radius 2 is 1.81 bits per heavy atom. The molecule has 82 valence electrons.